The predicted octanol–water partition coefficient (Wildman–Crippen LogP) is -0.501. The highest BCUT2D eigenvalue weighted by atomic mass is 16.5. The van der Waals surface area contributed by atoms with E-state index in [0.717, 1.165) is 4.90 Å². The summed E-state index contributed by atoms with van der Waals surface area (Å²) < 4.78 is 5.50. The summed E-state index contributed by atoms with van der Waals surface area (Å²) >= 11 is 0. The molecule has 3 rings (SSSR count). The summed E-state index contributed by atoms with van der Waals surface area (Å²) in [5.41, 5.74) is 0.0703. The molecule has 3 N–H and O–H groups in total. The molecule has 0 aromatic heterocycles. The first-order valence-electron chi connectivity index (χ1n) is 10.3. The molecular weight excluding hydrogens is 420 g/mol. The van der Waals surface area contributed by atoms with Crippen molar-refractivity contribution in [3.63, 3.8) is 0 Å². The van der Waals surface area contributed by atoms with E-state index in [2.05, 4.69) is 16.0 Å². The van der Waals surface area contributed by atoms with Crippen molar-refractivity contribution in [3.8, 4) is 5.75 Å². The summed E-state index contributed by atoms with van der Waals surface area (Å²) in [4.78, 5) is 72.9. The van der Waals surface area contributed by atoms with Crippen LogP contribution in [0, 0.1) is 0 Å². The van der Waals surface area contributed by atoms with Gasteiger partial charge >= 0.3 is 0 Å². The SMILES string of the molecule is CC(=O)NCCCCNC(=O)COc1cccc2c1C(=O)N(C1CCC(=O)NC1=O)C2=O. The minimum Gasteiger partial charge on any atom is -0.483 e. The van der Waals surface area contributed by atoms with Crippen LogP contribution in [-0.2, 0) is 19.2 Å². The number of amides is 6. The van der Waals surface area contributed by atoms with E-state index in [1.807, 2.05) is 0 Å². The molecule has 32 heavy (non-hydrogen) atoms. The maximum absolute atomic E-state index is 12.9. The maximum atomic E-state index is 12.9. The smallest absolute Gasteiger partial charge is 0.266 e. The molecule has 0 radical (unpaired) electrons. The van der Waals surface area contributed by atoms with Crippen LogP contribution in [0.1, 0.15) is 53.3 Å². The molecule has 1 atom stereocenters. The fourth-order valence-corrected chi connectivity index (χ4v) is 3.54. The third kappa shape index (κ3) is 5.10. The molecule has 170 valence electrons. The Kier molecular flexibility index (Phi) is 7.18. The van der Waals surface area contributed by atoms with Gasteiger partial charge in [-0.3, -0.25) is 39.0 Å². The van der Waals surface area contributed by atoms with Crippen molar-refractivity contribution < 1.29 is 33.5 Å². The van der Waals surface area contributed by atoms with Crippen LogP contribution in [0.15, 0.2) is 18.2 Å². The van der Waals surface area contributed by atoms with E-state index in [4.69, 9.17) is 4.74 Å². The molecule has 0 saturated carbocycles. The van der Waals surface area contributed by atoms with Crippen LogP contribution in [0.2, 0.25) is 0 Å². The van der Waals surface area contributed by atoms with Crippen LogP contribution in [-0.4, -0.2) is 66.1 Å². The lowest BCUT2D eigenvalue weighted by Gasteiger charge is -2.27. The molecule has 2 aliphatic rings. The number of carbonyl (C=O) groups excluding carboxylic acids is 6. The third-order valence-corrected chi connectivity index (χ3v) is 5.09. The third-order valence-electron chi connectivity index (χ3n) is 5.09. The molecule has 2 aliphatic heterocycles. The number of fused-ring (bicyclic) bond motifs is 1. The number of benzene rings is 1. The molecule has 1 unspecified atom stereocenters. The minimum absolute atomic E-state index is 0.00897. The Labute approximate surface area is 183 Å². The summed E-state index contributed by atoms with van der Waals surface area (Å²) in [6.07, 6.45) is 1.45. The van der Waals surface area contributed by atoms with E-state index < -0.39 is 35.6 Å². The average Bonchev–Trinajstić information content (AvgIpc) is 3.00. The maximum Gasteiger partial charge on any atom is 0.266 e. The van der Waals surface area contributed by atoms with Gasteiger partial charge in [-0.2, -0.15) is 0 Å². The number of imide groups is 2. The van der Waals surface area contributed by atoms with Crippen LogP contribution >= 0.6 is 0 Å². The van der Waals surface area contributed by atoms with Gasteiger partial charge < -0.3 is 15.4 Å². The first-order chi connectivity index (χ1) is 15.3. The van der Waals surface area contributed by atoms with Crippen molar-refractivity contribution >= 4 is 35.4 Å². The van der Waals surface area contributed by atoms with E-state index in [9.17, 15) is 28.8 Å². The number of rotatable bonds is 9. The molecule has 0 spiro atoms. The predicted molar refractivity (Wildman–Crippen MR) is 110 cm³/mol. The largest absolute Gasteiger partial charge is 0.483 e. The van der Waals surface area contributed by atoms with Gasteiger partial charge in [-0.1, -0.05) is 6.07 Å². The Balaban J connectivity index is 1.58. The number of nitrogens with zero attached hydrogens (tertiary/aromatic N) is 1. The summed E-state index contributed by atoms with van der Waals surface area (Å²) in [7, 11) is 0. The number of hydrogen-bond acceptors (Lipinski definition) is 7. The fourth-order valence-electron chi connectivity index (χ4n) is 3.54. The molecule has 0 aliphatic carbocycles. The number of unbranched alkanes of at least 4 members (excludes halogenated alkanes) is 1. The molecule has 0 bridgehead atoms. The lowest BCUT2D eigenvalue weighted by molar-refractivity contribution is -0.136. The number of nitrogens with one attached hydrogen (secondary N) is 3. The molecular formula is C21H24N4O7. The van der Waals surface area contributed by atoms with E-state index in [1.54, 1.807) is 0 Å². The van der Waals surface area contributed by atoms with Gasteiger partial charge in [0.15, 0.2) is 6.61 Å². The standard InChI is InChI=1S/C21H24N4O7/c1-12(26)22-9-2-3-10-23-17(28)11-32-15-6-4-5-13-18(15)21(31)25(20(13)30)14-7-8-16(27)24-19(14)29/h4-6,14H,2-3,7-11H2,1H3,(H,22,26)(H,23,28)(H,24,27,29). The van der Waals surface area contributed by atoms with Gasteiger partial charge in [-0.25, -0.2) is 0 Å². The van der Waals surface area contributed by atoms with Crippen LogP contribution in [0.3, 0.4) is 0 Å². The average molecular weight is 444 g/mol. The summed E-state index contributed by atoms with van der Waals surface area (Å²) in [5.74, 6) is -2.94. The van der Waals surface area contributed by atoms with Crippen LogP contribution in [0.25, 0.3) is 0 Å². The second-order valence-electron chi connectivity index (χ2n) is 7.45. The van der Waals surface area contributed by atoms with Crippen molar-refractivity contribution in [2.75, 3.05) is 19.7 Å². The Morgan fingerprint density at radius 3 is 2.50 bits per heavy atom. The van der Waals surface area contributed by atoms with E-state index in [-0.39, 0.29) is 42.2 Å². The van der Waals surface area contributed by atoms with Gasteiger partial charge in [0.1, 0.15) is 11.8 Å². The molecule has 1 fully saturated rings. The highest BCUT2D eigenvalue weighted by Crippen LogP contribution is 2.33. The number of piperidine rings is 1. The van der Waals surface area contributed by atoms with Crippen molar-refractivity contribution in [1.82, 2.24) is 20.9 Å². The van der Waals surface area contributed by atoms with Crippen LogP contribution in [0.5, 0.6) is 5.75 Å². The fraction of sp³-hybridized carbons (Fsp3) is 0.429. The lowest BCUT2D eigenvalue weighted by atomic mass is 10.0. The normalized spacial score (nSPS) is 17.7. The van der Waals surface area contributed by atoms with Gasteiger partial charge in [0.25, 0.3) is 17.7 Å². The highest BCUT2D eigenvalue weighted by Gasteiger charge is 2.46. The van der Waals surface area contributed by atoms with E-state index in [1.165, 1.54) is 25.1 Å². The van der Waals surface area contributed by atoms with Gasteiger partial charge in [0.05, 0.1) is 11.1 Å². The Bertz CT molecular complexity index is 975. The number of hydrogen-bond donors (Lipinski definition) is 3. The van der Waals surface area contributed by atoms with Crippen molar-refractivity contribution in [3.05, 3.63) is 29.3 Å². The number of carbonyl (C=O) groups is 6. The van der Waals surface area contributed by atoms with Gasteiger partial charge in [0.2, 0.25) is 17.7 Å². The summed E-state index contributed by atoms with van der Waals surface area (Å²) in [6, 6.07) is 3.36. The zero-order chi connectivity index (χ0) is 23.3. The molecule has 11 heteroatoms. The molecule has 1 saturated heterocycles. The quantitative estimate of drug-likeness (QED) is 0.343. The first kappa shape index (κ1) is 22.9. The molecule has 2 heterocycles. The van der Waals surface area contributed by atoms with E-state index >= 15 is 0 Å². The Hall–Kier alpha value is -3.76. The zero-order valence-electron chi connectivity index (χ0n) is 17.6. The van der Waals surface area contributed by atoms with Crippen molar-refractivity contribution in [2.45, 2.75) is 38.6 Å². The minimum atomic E-state index is -1.08. The van der Waals surface area contributed by atoms with Gasteiger partial charge in [-0.15, -0.1) is 0 Å². The highest BCUT2D eigenvalue weighted by molar-refractivity contribution is 6.24. The molecule has 1 aromatic rings. The molecule has 1 aromatic carbocycles. The summed E-state index contributed by atoms with van der Waals surface area (Å²) in [5, 5.41) is 7.48. The first-order valence-corrected chi connectivity index (χ1v) is 10.3. The molecule has 11 nitrogen and oxygen atoms in total. The van der Waals surface area contributed by atoms with Crippen molar-refractivity contribution in [2.24, 2.45) is 0 Å². The van der Waals surface area contributed by atoms with E-state index in [0.29, 0.717) is 25.9 Å². The topological polar surface area (TPSA) is 151 Å². The Morgan fingerprint density at radius 1 is 1.09 bits per heavy atom. The van der Waals surface area contributed by atoms with Gasteiger partial charge in [0, 0.05) is 26.4 Å². The Morgan fingerprint density at radius 2 is 1.81 bits per heavy atom. The zero-order valence-corrected chi connectivity index (χ0v) is 17.6. The van der Waals surface area contributed by atoms with Crippen LogP contribution in [0.4, 0.5) is 0 Å². The monoisotopic (exact) mass is 444 g/mol. The second kappa shape index (κ2) is 10.0. The van der Waals surface area contributed by atoms with Gasteiger partial charge in [-0.05, 0) is 31.4 Å². The lowest BCUT2D eigenvalue weighted by Crippen LogP contribution is -2.54. The van der Waals surface area contributed by atoms with Crippen LogP contribution < -0.4 is 20.7 Å². The van der Waals surface area contributed by atoms with Crippen molar-refractivity contribution in [1.29, 1.82) is 0 Å². The molecule has 6 amide bonds. The summed E-state index contributed by atoms with van der Waals surface area (Å²) in [6.45, 7) is 2.00. The second-order valence-corrected chi connectivity index (χ2v) is 7.45. The number of ether oxygens (including phenoxy) is 1.